The normalized spacial score (nSPS) is 15.1. The largest absolute Gasteiger partial charge is 0.379 e. The van der Waals surface area contributed by atoms with Crippen LogP contribution in [0.2, 0.25) is 0 Å². The van der Waals surface area contributed by atoms with Gasteiger partial charge in [-0.25, -0.2) is 4.68 Å². The number of benzene rings is 1. The number of hydrogen-bond donors (Lipinski definition) is 0. The summed E-state index contributed by atoms with van der Waals surface area (Å²) in [7, 11) is 2.00. The molecule has 3 rings (SSSR count). The number of ether oxygens (including phenoxy) is 1. The third-order valence-electron chi connectivity index (χ3n) is 4.82. The Morgan fingerprint density at radius 1 is 1.15 bits per heavy atom. The van der Waals surface area contributed by atoms with E-state index in [0.717, 1.165) is 57.9 Å². The SMILES string of the molecule is CN(CCc1ccccc1)c1cnn(CCCN2CCOCC2)c(=O)c1. The Labute approximate surface area is 155 Å². The number of hydrogen-bond acceptors (Lipinski definition) is 5. The second-order valence-electron chi connectivity index (χ2n) is 6.74. The van der Waals surface area contributed by atoms with Crippen molar-refractivity contribution in [2.75, 3.05) is 51.3 Å². The summed E-state index contributed by atoms with van der Waals surface area (Å²) in [6.07, 6.45) is 3.66. The minimum Gasteiger partial charge on any atom is -0.379 e. The topological polar surface area (TPSA) is 50.6 Å². The van der Waals surface area contributed by atoms with Gasteiger partial charge in [-0.2, -0.15) is 5.10 Å². The highest BCUT2D eigenvalue weighted by atomic mass is 16.5. The van der Waals surface area contributed by atoms with E-state index in [1.54, 1.807) is 16.9 Å². The maximum atomic E-state index is 12.3. The van der Waals surface area contributed by atoms with Crippen LogP contribution in [-0.2, 0) is 17.7 Å². The van der Waals surface area contributed by atoms with Crippen molar-refractivity contribution in [2.45, 2.75) is 19.4 Å². The van der Waals surface area contributed by atoms with Gasteiger partial charge in [0.15, 0.2) is 0 Å². The highest BCUT2D eigenvalue weighted by Crippen LogP contribution is 2.09. The molecule has 0 aliphatic carbocycles. The molecule has 0 radical (unpaired) electrons. The standard InChI is InChI=1S/C20H28N4O2/c1-22(11-8-18-6-3-2-4-7-18)19-16-20(25)24(21-17-19)10-5-9-23-12-14-26-15-13-23/h2-4,6-7,16-17H,5,8-15H2,1H3. The van der Waals surface area contributed by atoms with E-state index in [4.69, 9.17) is 4.74 Å². The lowest BCUT2D eigenvalue weighted by Gasteiger charge is -2.26. The molecule has 0 atom stereocenters. The van der Waals surface area contributed by atoms with Gasteiger partial charge in [0.05, 0.1) is 25.1 Å². The molecule has 26 heavy (non-hydrogen) atoms. The highest BCUT2D eigenvalue weighted by Gasteiger charge is 2.10. The van der Waals surface area contributed by atoms with Gasteiger partial charge in [0.25, 0.3) is 5.56 Å². The van der Waals surface area contributed by atoms with Crippen LogP contribution in [-0.4, -0.2) is 61.1 Å². The van der Waals surface area contributed by atoms with Crippen LogP contribution in [0.5, 0.6) is 0 Å². The fraction of sp³-hybridized carbons (Fsp3) is 0.500. The zero-order valence-electron chi connectivity index (χ0n) is 15.5. The van der Waals surface area contributed by atoms with Crippen molar-refractivity contribution >= 4 is 5.69 Å². The Hall–Kier alpha value is -2.18. The van der Waals surface area contributed by atoms with Crippen LogP contribution in [0.4, 0.5) is 5.69 Å². The molecule has 140 valence electrons. The summed E-state index contributed by atoms with van der Waals surface area (Å²) >= 11 is 0. The smallest absolute Gasteiger partial charge is 0.268 e. The minimum atomic E-state index is -0.0314. The Balaban J connectivity index is 1.49. The van der Waals surface area contributed by atoms with E-state index in [0.29, 0.717) is 6.54 Å². The summed E-state index contributed by atoms with van der Waals surface area (Å²) in [5, 5.41) is 4.36. The molecule has 0 amide bonds. The first-order chi connectivity index (χ1) is 12.7. The third-order valence-corrected chi connectivity index (χ3v) is 4.82. The van der Waals surface area contributed by atoms with E-state index < -0.39 is 0 Å². The fourth-order valence-electron chi connectivity index (χ4n) is 3.14. The maximum Gasteiger partial charge on any atom is 0.268 e. The monoisotopic (exact) mass is 356 g/mol. The van der Waals surface area contributed by atoms with Crippen molar-refractivity contribution in [3.05, 3.63) is 58.5 Å². The first kappa shape index (κ1) is 18.6. The third kappa shape index (κ3) is 5.41. The first-order valence-corrected chi connectivity index (χ1v) is 9.35. The molecular formula is C20H28N4O2. The minimum absolute atomic E-state index is 0.0314. The molecule has 6 heteroatoms. The van der Waals surface area contributed by atoms with E-state index in [1.807, 2.05) is 13.1 Å². The average Bonchev–Trinajstić information content (AvgIpc) is 2.69. The van der Waals surface area contributed by atoms with Gasteiger partial charge >= 0.3 is 0 Å². The summed E-state index contributed by atoms with van der Waals surface area (Å²) < 4.78 is 6.92. The second-order valence-corrected chi connectivity index (χ2v) is 6.74. The van der Waals surface area contributed by atoms with Crippen molar-refractivity contribution < 1.29 is 4.74 Å². The number of likely N-dealkylation sites (N-methyl/N-ethyl adjacent to an activating group) is 1. The number of aryl methyl sites for hydroxylation is 1. The van der Waals surface area contributed by atoms with Gasteiger partial charge in [-0.1, -0.05) is 30.3 Å². The van der Waals surface area contributed by atoms with Gasteiger partial charge < -0.3 is 9.64 Å². The van der Waals surface area contributed by atoms with Gasteiger partial charge in [0.2, 0.25) is 0 Å². The molecular weight excluding hydrogens is 328 g/mol. The fourth-order valence-corrected chi connectivity index (χ4v) is 3.14. The second kappa shape index (κ2) is 9.50. The quantitative estimate of drug-likeness (QED) is 0.720. The molecule has 0 N–H and O–H groups in total. The van der Waals surface area contributed by atoms with Crippen LogP contribution < -0.4 is 10.5 Å². The van der Waals surface area contributed by atoms with Crippen molar-refractivity contribution in [3.63, 3.8) is 0 Å². The molecule has 2 heterocycles. The first-order valence-electron chi connectivity index (χ1n) is 9.35. The average molecular weight is 356 g/mol. The summed E-state index contributed by atoms with van der Waals surface area (Å²) in [5.74, 6) is 0. The molecule has 1 aromatic carbocycles. The Morgan fingerprint density at radius 2 is 1.92 bits per heavy atom. The van der Waals surface area contributed by atoms with Crippen LogP contribution in [0.3, 0.4) is 0 Å². The lowest BCUT2D eigenvalue weighted by Crippen LogP contribution is -2.37. The van der Waals surface area contributed by atoms with Gasteiger partial charge in [0.1, 0.15) is 0 Å². The lowest BCUT2D eigenvalue weighted by atomic mass is 10.1. The van der Waals surface area contributed by atoms with E-state index in [-0.39, 0.29) is 5.56 Å². The lowest BCUT2D eigenvalue weighted by molar-refractivity contribution is 0.0368. The predicted octanol–water partition coefficient (Wildman–Crippen LogP) is 1.64. The number of rotatable bonds is 8. The summed E-state index contributed by atoms with van der Waals surface area (Å²) in [6, 6.07) is 12.1. The van der Waals surface area contributed by atoms with E-state index >= 15 is 0 Å². The molecule has 1 fully saturated rings. The van der Waals surface area contributed by atoms with Crippen molar-refractivity contribution in [2.24, 2.45) is 0 Å². The van der Waals surface area contributed by atoms with E-state index in [2.05, 4.69) is 39.2 Å². The number of aromatic nitrogens is 2. The molecule has 1 saturated heterocycles. The molecule has 6 nitrogen and oxygen atoms in total. The van der Waals surface area contributed by atoms with Crippen molar-refractivity contribution in [3.8, 4) is 0 Å². The van der Waals surface area contributed by atoms with Crippen molar-refractivity contribution in [1.29, 1.82) is 0 Å². The van der Waals surface area contributed by atoms with Gasteiger partial charge in [-0.05, 0) is 18.4 Å². The number of nitrogens with zero attached hydrogens (tertiary/aromatic N) is 4. The maximum absolute atomic E-state index is 12.3. The summed E-state index contributed by atoms with van der Waals surface area (Å²) in [6.45, 7) is 6.07. The predicted molar refractivity (Wildman–Crippen MR) is 104 cm³/mol. The molecule has 1 aliphatic rings. The summed E-state index contributed by atoms with van der Waals surface area (Å²) in [4.78, 5) is 16.8. The number of anilines is 1. The van der Waals surface area contributed by atoms with Gasteiger partial charge in [-0.15, -0.1) is 0 Å². The van der Waals surface area contributed by atoms with Crippen molar-refractivity contribution in [1.82, 2.24) is 14.7 Å². The van der Waals surface area contributed by atoms with E-state index in [9.17, 15) is 4.79 Å². The Kier molecular flexibility index (Phi) is 6.80. The zero-order chi connectivity index (χ0) is 18.2. The van der Waals surface area contributed by atoms with Crippen LogP contribution >= 0.6 is 0 Å². The van der Waals surface area contributed by atoms with Crippen LogP contribution in [0.1, 0.15) is 12.0 Å². The summed E-state index contributed by atoms with van der Waals surface area (Å²) in [5.41, 5.74) is 2.13. The van der Waals surface area contributed by atoms with Crippen LogP contribution in [0.15, 0.2) is 47.4 Å². The highest BCUT2D eigenvalue weighted by molar-refractivity contribution is 5.42. The molecule has 1 aliphatic heterocycles. The molecule has 0 unspecified atom stereocenters. The van der Waals surface area contributed by atoms with Crippen LogP contribution in [0.25, 0.3) is 0 Å². The van der Waals surface area contributed by atoms with Crippen LogP contribution in [0, 0.1) is 0 Å². The Morgan fingerprint density at radius 3 is 2.65 bits per heavy atom. The van der Waals surface area contributed by atoms with Gasteiger partial charge in [0, 0.05) is 45.8 Å². The van der Waals surface area contributed by atoms with E-state index in [1.165, 1.54) is 5.56 Å². The van der Waals surface area contributed by atoms with Gasteiger partial charge in [-0.3, -0.25) is 9.69 Å². The molecule has 0 spiro atoms. The number of morpholine rings is 1. The molecule has 2 aromatic rings. The zero-order valence-corrected chi connectivity index (χ0v) is 15.5. The molecule has 0 bridgehead atoms. The molecule has 0 saturated carbocycles. The molecule has 1 aromatic heterocycles. The Bertz CT molecular complexity index is 726.